The molecule has 0 aromatic heterocycles. The van der Waals surface area contributed by atoms with Gasteiger partial charge in [0.2, 0.25) is 0 Å². The first-order valence-electron chi connectivity index (χ1n) is 0.745. The maximum absolute atomic E-state index is 8.41. The van der Waals surface area contributed by atoms with Crippen molar-refractivity contribution in [3.05, 3.63) is 5.34 Å². The zero-order valence-corrected chi connectivity index (χ0v) is 5.22. The van der Waals surface area contributed by atoms with Crippen LogP contribution in [0.25, 0.3) is 0 Å². The van der Waals surface area contributed by atoms with Crippen LogP contribution in [0.15, 0.2) is 0 Å². The molecule has 0 saturated heterocycles. The fourth-order valence-electron chi connectivity index (χ4n) is 0. The molecular formula is CHCl2MnO2-. The number of hydrogen-bond donors (Lipinski definition) is 0. The van der Waals surface area contributed by atoms with Gasteiger partial charge in [-0.1, -0.05) is 0 Å². The maximum atomic E-state index is 8.41. The molecule has 0 aliphatic rings. The van der Waals surface area contributed by atoms with Crippen molar-refractivity contribution in [2.24, 2.45) is 0 Å². The molecule has 0 heterocycles. The molecule has 0 unspecified atom stereocenters. The SMILES string of the molecule is Cl[CH-]Cl.[O]=[Mn]=[O]. The summed E-state index contributed by atoms with van der Waals surface area (Å²) in [4.78, 5) is 0. The summed E-state index contributed by atoms with van der Waals surface area (Å²) < 4.78 is 16.8. The van der Waals surface area contributed by atoms with E-state index in [1.165, 1.54) is 0 Å². The minimum absolute atomic E-state index is 0.944. The van der Waals surface area contributed by atoms with Crippen LogP contribution in [0, 0.1) is 5.34 Å². The second kappa shape index (κ2) is 17.3. The van der Waals surface area contributed by atoms with Gasteiger partial charge in [0.25, 0.3) is 0 Å². The van der Waals surface area contributed by atoms with Crippen LogP contribution in [-0.4, -0.2) is 0 Å². The molecule has 0 aromatic rings. The van der Waals surface area contributed by atoms with Gasteiger partial charge in [-0.2, -0.15) is 5.34 Å². The predicted octanol–water partition coefficient (Wildman–Crippen LogP) is 1.34. The van der Waals surface area contributed by atoms with Crippen LogP contribution in [0.3, 0.4) is 0 Å². The normalized spacial score (nSPS) is 5.00. The van der Waals surface area contributed by atoms with Crippen molar-refractivity contribution in [2.75, 3.05) is 0 Å². The Morgan fingerprint density at radius 1 is 1.33 bits per heavy atom. The van der Waals surface area contributed by atoms with Crippen molar-refractivity contribution < 1.29 is 22.5 Å². The third-order valence-electron chi connectivity index (χ3n) is 0. The Balaban J connectivity index is 0. The third kappa shape index (κ3) is 131. The van der Waals surface area contributed by atoms with Crippen molar-refractivity contribution in [2.45, 2.75) is 0 Å². The van der Waals surface area contributed by atoms with Crippen LogP contribution in [0.5, 0.6) is 0 Å². The zero-order chi connectivity index (χ0) is 5.41. The quantitative estimate of drug-likeness (QED) is 0.407. The first-order valence-corrected chi connectivity index (χ1v) is 2.58. The minimum atomic E-state index is -1.44. The average molecular weight is 171 g/mol. The predicted molar refractivity (Wildman–Crippen MR) is 17.4 cm³/mol. The van der Waals surface area contributed by atoms with E-state index in [1.807, 2.05) is 0 Å². The van der Waals surface area contributed by atoms with Gasteiger partial charge in [-0.05, 0) is 0 Å². The number of halogens is 2. The number of rotatable bonds is 0. The summed E-state index contributed by atoms with van der Waals surface area (Å²) >= 11 is 7.84. The van der Waals surface area contributed by atoms with Crippen LogP contribution in [0.1, 0.15) is 0 Å². The molecule has 2 nitrogen and oxygen atoms in total. The van der Waals surface area contributed by atoms with Crippen LogP contribution in [0.2, 0.25) is 0 Å². The Morgan fingerprint density at radius 2 is 1.33 bits per heavy atom. The summed E-state index contributed by atoms with van der Waals surface area (Å²) in [6.45, 7) is 0. The Kier molecular flexibility index (Phi) is 28.4. The zero-order valence-electron chi connectivity index (χ0n) is 2.53. The molecule has 0 atom stereocenters. The van der Waals surface area contributed by atoms with E-state index in [-0.39, 0.29) is 0 Å². The third-order valence-corrected chi connectivity index (χ3v) is 0. The average Bonchev–Trinajstić information content (AvgIpc) is 1.39. The van der Waals surface area contributed by atoms with Crippen LogP contribution in [0.4, 0.5) is 0 Å². The fourth-order valence-corrected chi connectivity index (χ4v) is 0. The Bertz CT molecular complexity index is 40.8. The molecule has 0 amide bonds. The van der Waals surface area contributed by atoms with Gasteiger partial charge in [0.15, 0.2) is 0 Å². The van der Waals surface area contributed by atoms with E-state index in [1.54, 1.807) is 0 Å². The van der Waals surface area contributed by atoms with E-state index in [0.29, 0.717) is 0 Å². The van der Waals surface area contributed by atoms with Gasteiger partial charge in [-0.3, -0.25) is 0 Å². The standard InChI is InChI=1S/CHCl2.Mn.2O/c2-1-3;;;/h1H;;;/q-1;;;. The van der Waals surface area contributed by atoms with Crippen molar-refractivity contribution >= 4 is 23.2 Å². The van der Waals surface area contributed by atoms with E-state index in [0.717, 1.165) is 5.34 Å². The number of hydrogen-bond acceptors (Lipinski definition) is 2. The summed E-state index contributed by atoms with van der Waals surface area (Å²) in [6.07, 6.45) is 0. The molecule has 0 bridgehead atoms. The van der Waals surface area contributed by atoms with E-state index in [4.69, 9.17) is 7.67 Å². The Morgan fingerprint density at radius 3 is 1.33 bits per heavy atom. The van der Waals surface area contributed by atoms with Crippen LogP contribution < -0.4 is 0 Å². The first kappa shape index (κ1) is 9.85. The summed E-state index contributed by atoms with van der Waals surface area (Å²) in [6, 6.07) is 0. The van der Waals surface area contributed by atoms with Crippen molar-refractivity contribution in [3.8, 4) is 0 Å². The topological polar surface area (TPSA) is 34.1 Å². The second-order valence-corrected chi connectivity index (χ2v) is 1.00. The van der Waals surface area contributed by atoms with Gasteiger partial charge in [-0.15, -0.1) is 0 Å². The first-order chi connectivity index (χ1) is 2.83. The molecular weight excluding hydrogens is 170 g/mol. The van der Waals surface area contributed by atoms with Crippen LogP contribution in [-0.2, 0) is 22.5 Å². The molecule has 0 N–H and O–H groups in total. The van der Waals surface area contributed by atoms with Gasteiger partial charge in [-0.25, -0.2) is 0 Å². The van der Waals surface area contributed by atoms with E-state index < -0.39 is 14.8 Å². The van der Waals surface area contributed by atoms with Gasteiger partial charge in [0, 0.05) is 0 Å². The van der Waals surface area contributed by atoms with Crippen molar-refractivity contribution in [3.63, 3.8) is 0 Å². The molecule has 5 heteroatoms. The Hall–Kier alpha value is 0.699. The van der Waals surface area contributed by atoms with E-state index in [9.17, 15) is 0 Å². The molecule has 0 saturated carbocycles. The van der Waals surface area contributed by atoms with E-state index in [2.05, 4.69) is 23.2 Å². The van der Waals surface area contributed by atoms with Crippen molar-refractivity contribution in [1.29, 1.82) is 0 Å². The molecule has 0 fully saturated rings. The monoisotopic (exact) mass is 170 g/mol. The summed E-state index contributed by atoms with van der Waals surface area (Å²) in [5.74, 6) is 0. The molecule has 0 aliphatic heterocycles. The second-order valence-electron chi connectivity index (χ2n) is 0.145. The molecule has 0 rings (SSSR count). The van der Waals surface area contributed by atoms with Gasteiger partial charge >= 0.3 is 22.5 Å². The Labute approximate surface area is 51.4 Å². The van der Waals surface area contributed by atoms with Gasteiger partial charge < -0.3 is 23.2 Å². The van der Waals surface area contributed by atoms with Gasteiger partial charge in [0.1, 0.15) is 0 Å². The molecule has 39 valence electrons. The van der Waals surface area contributed by atoms with E-state index >= 15 is 0 Å². The molecule has 0 aromatic carbocycles. The molecule has 0 radical (unpaired) electrons. The molecule has 0 aliphatic carbocycles. The van der Waals surface area contributed by atoms with Gasteiger partial charge in [0.05, 0.1) is 0 Å². The summed E-state index contributed by atoms with van der Waals surface area (Å²) in [5, 5.41) is 0.944. The summed E-state index contributed by atoms with van der Waals surface area (Å²) in [5.41, 5.74) is 0. The van der Waals surface area contributed by atoms with Crippen LogP contribution >= 0.6 is 23.2 Å². The summed E-state index contributed by atoms with van der Waals surface area (Å²) in [7, 11) is 0. The fraction of sp³-hybridized carbons (Fsp3) is 0. The molecule has 0 spiro atoms. The van der Waals surface area contributed by atoms with Crippen molar-refractivity contribution in [1.82, 2.24) is 0 Å². The molecule has 6 heavy (non-hydrogen) atoms.